The van der Waals surface area contributed by atoms with Crippen LogP contribution in [0.3, 0.4) is 0 Å². The van der Waals surface area contributed by atoms with Gasteiger partial charge >= 0.3 is 6.03 Å². The molecule has 6 heteroatoms. The van der Waals surface area contributed by atoms with Gasteiger partial charge in [0.2, 0.25) is 5.91 Å². The van der Waals surface area contributed by atoms with Crippen molar-refractivity contribution in [2.24, 2.45) is 0 Å². The van der Waals surface area contributed by atoms with E-state index in [-0.39, 0.29) is 11.9 Å². The van der Waals surface area contributed by atoms with Gasteiger partial charge in [0.05, 0.1) is 6.04 Å². The van der Waals surface area contributed by atoms with Gasteiger partial charge in [0.25, 0.3) is 0 Å². The molecule has 0 bridgehead atoms. The molecule has 1 heterocycles. The number of piperazine rings is 1. The zero-order chi connectivity index (χ0) is 12.8. The molecule has 3 amide bonds. The Labute approximate surface area is 102 Å². The average Bonchev–Trinajstić information content (AvgIpc) is 2.29. The monoisotopic (exact) mass is 242 g/mol. The number of hydrogen-bond donors (Lipinski definition) is 3. The van der Waals surface area contributed by atoms with E-state index in [4.69, 9.17) is 0 Å². The van der Waals surface area contributed by atoms with Crippen LogP contribution in [0, 0.1) is 0 Å². The number of urea groups is 1. The maximum atomic E-state index is 11.8. The predicted molar refractivity (Wildman–Crippen MR) is 65.7 cm³/mol. The highest BCUT2D eigenvalue weighted by Gasteiger charge is 2.28. The largest absolute Gasteiger partial charge is 0.338 e. The second-order valence-electron chi connectivity index (χ2n) is 4.32. The highest BCUT2D eigenvalue weighted by Crippen LogP contribution is 2.07. The van der Waals surface area contributed by atoms with Crippen LogP contribution < -0.4 is 16.0 Å². The molecule has 98 valence electrons. The van der Waals surface area contributed by atoms with Crippen molar-refractivity contribution in [3.8, 4) is 0 Å². The fourth-order valence-electron chi connectivity index (χ4n) is 2.00. The van der Waals surface area contributed by atoms with Crippen LogP contribution in [-0.4, -0.2) is 55.1 Å². The summed E-state index contributed by atoms with van der Waals surface area (Å²) < 4.78 is 0. The third kappa shape index (κ3) is 3.98. The smallest absolute Gasteiger partial charge is 0.321 e. The van der Waals surface area contributed by atoms with E-state index in [0.717, 1.165) is 19.6 Å². The van der Waals surface area contributed by atoms with Crippen LogP contribution in [0.2, 0.25) is 0 Å². The molecule has 0 aromatic rings. The Morgan fingerprint density at radius 1 is 1.53 bits per heavy atom. The van der Waals surface area contributed by atoms with Crippen LogP contribution in [0.25, 0.3) is 0 Å². The van der Waals surface area contributed by atoms with E-state index in [2.05, 4.69) is 27.8 Å². The number of carbonyl (C=O) groups is 2. The van der Waals surface area contributed by atoms with Gasteiger partial charge < -0.3 is 10.6 Å². The minimum Gasteiger partial charge on any atom is -0.338 e. The molecule has 3 N–H and O–H groups in total. The second-order valence-corrected chi connectivity index (χ2v) is 4.32. The lowest BCUT2D eigenvalue weighted by Crippen LogP contribution is -2.58. The SMILES string of the molecule is CCNC(=O)NC(=O)C(C)N1CCNC[C@H]1C. The summed E-state index contributed by atoms with van der Waals surface area (Å²) >= 11 is 0. The summed E-state index contributed by atoms with van der Waals surface area (Å²) in [6.45, 7) is 8.80. The van der Waals surface area contributed by atoms with Crippen LogP contribution in [0.5, 0.6) is 0 Å². The number of rotatable bonds is 3. The maximum Gasteiger partial charge on any atom is 0.321 e. The third-order valence-corrected chi connectivity index (χ3v) is 3.00. The molecule has 1 aliphatic heterocycles. The summed E-state index contributed by atoms with van der Waals surface area (Å²) in [7, 11) is 0. The number of imide groups is 1. The molecule has 1 aliphatic rings. The Morgan fingerprint density at radius 2 is 2.24 bits per heavy atom. The highest BCUT2D eigenvalue weighted by molar-refractivity contribution is 5.96. The van der Waals surface area contributed by atoms with E-state index in [1.807, 2.05) is 13.8 Å². The van der Waals surface area contributed by atoms with E-state index in [0.29, 0.717) is 12.6 Å². The molecule has 0 spiro atoms. The van der Waals surface area contributed by atoms with Gasteiger partial charge in [0.1, 0.15) is 0 Å². The Balaban J connectivity index is 2.47. The molecule has 1 unspecified atom stereocenters. The summed E-state index contributed by atoms with van der Waals surface area (Å²) in [5, 5.41) is 8.16. The zero-order valence-corrected chi connectivity index (χ0v) is 10.7. The van der Waals surface area contributed by atoms with Crippen LogP contribution in [0.15, 0.2) is 0 Å². The summed E-state index contributed by atoms with van der Waals surface area (Å²) in [6.07, 6.45) is 0. The summed E-state index contributed by atoms with van der Waals surface area (Å²) in [4.78, 5) is 25.2. The van der Waals surface area contributed by atoms with Crippen molar-refractivity contribution in [2.45, 2.75) is 32.9 Å². The lowest BCUT2D eigenvalue weighted by atomic mass is 10.1. The lowest BCUT2D eigenvalue weighted by Gasteiger charge is -2.37. The number of nitrogens with one attached hydrogen (secondary N) is 3. The first kappa shape index (κ1) is 13.9. The molecule has 0 radical (unpaired) electrons. The summed E-state index contributed by atoms with van der Waals surface area (Å²) in [5.41, 5.74) is 0. The van der Waals surface area contributed by atoms with Gasteiger partial charge in [-0.25, -0.2) is 4.79 Å². The fourth-order valence-corrected chi connectivity index (χ4v) is 2.00. The molecular weight excluding hydrogens is 220 g/mol. The predicted octanol–water partition coefficient (Wildman–Crippen LogP) is -0.486. The highest BCUT2D eigenvalue weighted by atomic mass is 16.2. The Kier molecular flexibility index (Phi) is 5.37. The molecule has 0 aromatic carbocycles. The van der Waals surface area contributed by atoms with Crippen LogP contribution in [0.4, 0.5) is 4.79 Å². The van der Waals surface area contributed by atoms with Gasteiger partial charge in [0, 0.05) is 32.2 Å². The Hall–Kier alpha value is -1.14. The van der Waals surface area contributed by atoms with Gasteiger partial charge in [0.15, 0.2) is 0 Å². The van der Waals surface area contributed by atoms with Gasteiger partial charge in [-0.3, -0.25) is 15.0 Å². The van der Waals surface area contributed by atoms with E-state index < -0.39 is 6.03 Å². The minimum atomic E-state index is -0.424. The van der Waals surface area contributed by atoms with Gasteiger partial charge in [-0.15, -0.1) is 0 Å². The van der Waals surface area contributed by atoms with Crippen molar-refractivity contribution in [3.05, 3.63) is 0 Å². The van der Waals surface area contributed by atoms with Crippen molar-refractivity contribution in [3.63, 3.8) is 0 Å². The first-order valence-corrected chi connectivity index (χ1v) is 6.11. The first-order valence-electron chi connectivity index (χ1n) is 6.11. The molecule has 1 saturated heterocycles. The van der Waals surface area contributed by atoms with E-state index in [1.165, 1.54) is 0 Å². The van der Waals surface area contributed by atoms with Crippen molar-refractivity contribution in [1.29, 1.82) is 0 Å². The molecule has 0 saturated carbocycles. The van der Waals surface area contributed by atoms with Crippen molar-refractivity contribution >= 4 is 11.9 Å². The van der Waals surface area contributed by atoms with Crippen molar-refractivity contribution < 1.29 is 9.59 Å². The molecule has 2 atom stereocenters. The normalized spacial score (nSPS) is 22.9. The molecule has 1 rings (SSSR count). The standard InChI is InChI=1S/C11H22N4O2/c1-4-13-11(17)14-10(16)9(3)15-6-5-12-7-8(15)2/h8-9,12H,4-7H2,1-3H3,(H2,13,14,16,17)/t8-,9?/m1/s1. The average molecular weight is 242 g/mol. The van der Waals surface area contributed by atoms with E-state index in [1.54, 1.807) is 0 Å². The lowest BCUT2D eigenvalue weighted by molar-refractivity contribution is -0.125. The number of amides is 3. The summed E-state index contributed by atoms with van der Waals surface area (Å²) in [5.74, 6) is -0.246. The number of hydrogen-bond acceptors (Lipinski definition) is 4. The third-order valence-electron chi connectivity index (χ3n) is 3.00. The van der Waals surface area contributed by atoms with E-state index >= 15 is 0 Å². The van der Waals surface area contributed by atoms with Gasteiger partial charge in [-0.05, 0) is 20.8 Å². The van der Waals surface area contributed by atoms with Gasteiger partial charge in [-0.1, -0.05) is 0 Å². The van der Waals surface area contributed by atoms with Crippen LogP contribution in [-0.2, 0) is 4.79 Å². The Bertz CT molecular complexity index is 283. The minimum absolute atomic E-state index is 0.246. The zero-order valence-electron chi connectivity index (χ0n) is 10.7. The maximum absolute atomic E-state index is 11.8. The van der Waals surface area contributed by atoms with Crippen LogP contribution in [0.1, 0.15) is 20.8 Å². The van der Waals surface area contributed by atoms with Crippen molar-refractivity contribution in [2.75, 3.05) is 26.2 Å². The Morgan fingerprint density at radius 3 is 2.82 bits per heavy atom. The fraction of sp³-hybridized carbons (Fsp3) is 0.818. The molecule has 6 nitrogen and oxygen atoms in total. The molecule has 1 fully saturated rings. The molecule has 17 heavy (non-hydrogen) atoms. The number of nitrogens with zero attached hydrogens (tertiary/aromatic N) is 1. The van der Waals surface area contributed by atoms with Crippen LogP contribution >= 0.6 is 0 Å². The topological polar surface area (TPSA) is 73.5 Å². The second kappa shape index (κ2) is 6.56. The summed E-state index contributed by atoms with van der Waals surface area (Å²) in [6, 6.07) is -0.402. The molecule has 0 aromatic heterocycles. The van der Waals surface area contributed by atoms with Crippen molar-refractivity contribution in [1.82, 2.24) is 20.9 Å². The molecule has 0 aliphatic carbocycles. The molecular formula is C11H22N4O2. The quantitative estimate of drug-likeness (QED) is 0.624. The first-order chi connectivity index (χ1) is 8.06. The van der Waals surface area contributed by atoms with E-state index in [9.17, 15) is 9.59 Å². The number of carbonyl (C=O) groups excluding carboxylic acids is 2. The van der Waals surface area contributed by atoms with Gasteiger partial charge in [-0.2, -0.15) is 0 Å².